The number of hydrogen-bond acceptors (Lipinski definition) is 3. The standard InChI is InChI=1S/C4H5O3/c1-3(6)4(7)2-5/h4,7H,1H3. The van der Waals surface area contributed by atoms with Crippen LogP contribution in [-0.4, -0.2) is 23.3 Å². The third-order valence-electron chi connectivity index (χ3n) is 0.497. The molecule has 39 valence electrons. The normalized spacial score (nSPS) is 12.9. The van der Waals surface area contributed by atoms with Gasteiger partial charge in [-0.05, 0) is 6.92 Å². The smallest absolute Gasteiger partial charge is 0.237 e. The third-order valence-corrected chi connectivity index (χ3v) is 0.497. The molecule has 0 heterocycles. The fourth-order valence-electron chi connectivity index (χ4n) is 0.0830. The Hall–Kier alpha value is -0.700. The first-order valence-electron chi connectivity index (χ1n) is 1.74. The van der Waals surface area contributed by atoms with Crippen molar-refractivity contribution in [3.8, 4) is 0 Å². The predicted octanol–water partition coefficient (Wildman–Crippen LogP) is -0.954. The Labute approximate surface area is 41.0 Å². The highest BCUT2D eigenvalue weighted by molar-refractivity contribution is 5.94. The van der Waals surface area contributed by atoms with Gasteiger partial charge in [0.2, 0.25) is 6.29 Å². The van der Waals surface area contributed by atoms with Gasteiger partial charge in [-0.2, -0.15) is 0 Å². The van der Waals surface area contributed by atoms with Crippen LogP contribution in [0.5, 0.6) is 0 Å². The van der Waals surface area contributed by atoms with Gasteiger partial charge in [0.25, 0.3) is 0 Å². The minimum atomic E-state index is -1.54. The molecular weight excluding hydrogens is 96.0 g/mol. The first kappa shape index (κ1) is 6.30. The summed E-state index contributed by atoms with van der Waals surface area (Å²) in [6.45, 7) is 1.12. The molecule has 0 aliphatic heterocycles. The van der Waals surface area contributed by atoms with Gasteiger partial charge in [0.05, 0.1) is 0 Å². The van der Waals surface area contributed by atoms with Gasteiger partial charge in [-0.1, -0.05) is 0 Å². The Morgan fingerprint density at radius 2 is 2.29 bits per heavy atom. The van der Waals surface area contributed by atoms with E-state index >= 15 is 0 Å². The molecule has 1 radical (unpaired) electrons. The molecule has 0 aromatic carbocycles. The van der Waals surface area contributed by atoms with Crippen molar-refractivity contribution in [2.24, 2.45) is 0 Å². The lowest BCUT2D eigenvalue weighted by Crippen LogP contribution is -2.17. The van der Waals surface area contributed by atoms with Crippen molar-refractivity contribution in [2.75, 3.05) is 0 Å². The van der Waals surface area contributed by atoms with Crippen LogP contribution in [0.2, 0.25) is 0 Å². The first-order chi connectivity index (χ1) is 3.18. The van der Waals surface area contributed by atoms with Crippen molar-refractivity contribution in [3.05, 3.63) is 0 Å². The Morgan fingerprint density at radius 3 is 2.29 bits per heavy atom. The van der Waals surface area contributed by atoms with E-state index in [0.29, 0.717) is 0 Å². The second-order valence-corrected chi connectivity index (χ2v) is 1.13. The highest BCUT2D eigenvalue weighted by Gasteiger charge is 2.06. The van der Waals surface area contributed by atoms with Crippen molar-refractivity contribution in [1.82, 2.24) is 0 Å². The Bertz CT molecular complexity index is 86.9. The fourth-order valence-corrected chi connectivity index (χ4v) is 0.0830. The summed E-state index contributed by atoms with van der Waals surface area (Å²) < 4.78 is 0. The topological polar surface area (TPSA) is 54.4 Å². The van der Waals surface area contributed by atoms with E-state index in [0.717, 1.165) is 13.2 Å². The number of carbonyl (C=O) groups is 1. The van der Waals surface area contributed by atoms with Gasteiger partial charge in [0.15, 0.2) is 11.9 Å². The van der Waals surface area contributed by atoms with Gasteiger partial charge < -0.3 is 5.11 Å². The predicted molar refractivity (Wildman–Crippen MR) is 22.4 cm³/mol. The van der Waals surface area contributed by atoms with Gasteiger partial charge in [0.1, 0.15) is 0 Å². The maximum absolute atomic E-state index is 9.86. The molecule has 1 N–H and O–H groups in total. The molecule has 1 atom stereocenters. The van der Waals surface area contributed by atoms with E-state index < -0.39 is 11.9 Å². The second kappa shape index (κ2) is 2.47. The molecule has 3 heteroatoms. The fraction of sp³-hybridized carbons (Fsp3) is 0.500. The summed E-state index contributed by atoms with van der Waals surface area (Å²) in [5.41, 5.74) is 0. The zero-order chi connectivity index (χ0) is 5.86. The molecule has 3 nitrogen and oxygen atoms in total. The van der Waals surface area contributed by atoms with Gasteiger partial charge in [-0.25, -0.2) is 0 Å². The monoisotopic (exact) mass is 101 g/mol. The highest BCUT2D eigenvalue weighted by atomic mass is 16.3. The Kier molecular flexibility index (Phi) is 2.22. The molecule has 0 spiro atoms. The van der Waals surface area contributed by atoms with Crippen molar-refractivity contribution in [2.45, 2.75) is 13.0 Å². The zero-order valence-electron chi connectivity index (χ0n) is 3.84. The molecular formula is C4H5O3. The van der Waals surface area contributed by atoms with Gasteiger partial charge in [-0.3, -0.25) is 9.59 Å². The molecule has 0 aromatic heterocycles. The molecule has 7 heavy (non-hydrogen) atoms. The van der Waals surface area contributed by atoms with Crippen LogP contribution in [0.3, 0.4) is 0 Å². The minimum Gasteiger partial charge on any atom is -0.377 e. The molecule has 0 aliphatic carbocycles. The van der Waals surface area contributed by atoms with Crippen LogP contribution in [0, 0.1) is 0 Å². The van der Waals surface area contributed by atoms with E-state index in [-0.39, 0.29) is 0 Å². The van der Waals surface area contributed by atoms with E-state index in [1.807, 2.05) is 0 Å². The zero-order valence-corrected chi connectivity index (χ0v) is 3.84. The van der Waals surface area contributed by atoms with Crippen LogP contribution < -0.4 is 0 Å². The number of aliphatic hydroxyl groups excluding tert-OH is 1. The van der Waals surface area contributed by atoms with E-state index in [9.17, 15) is 9.59 Å². The average molecular weight is 101 g/mol. The molecule has 0 saturated heterocycles. The van der Waals surface area contributed by atoms with Gasteiger partial charge in [-0.15, -0.1) is 0 Å². The van der Waals surface area contributed by atoms with Crippen molar-refractivity contribution in [1.29, 1.82) is 0 Å². The summed E-state index contributed by atoms with van der Waals surface area (Å²) in [5.74, 6) is -0.574. The van der Waals surface area contributed by atoms with Crippen LogP contribution in [-0.2, 0) is 9.59 Å². The van der Waals surface area contributed by atoms with Crippen molar-refractivity contribution < 1.29 is 14.7 Å². The van der Waals surface area contributed by atoms with Crippen LogP contribution in [0.15, 0.2) is 0 Å². The first-order valence-corrected chi connectivity index (χ1v) is 1.74. The number of hydrogen-bond donors (Lipinski definition) is 1. The summed E-state index contributed by atoms with van der Waals surface area (Å²) in [4.78, 5) is 19.2. The summed E-state index contributed by atoms with van der Waals surface area (Å²) in [6, 6.07) is 0. The van der Waals surface area contributed by atoms with E-state index in [1.54, 1.807) is 0 Å². The summed E-state index contributed by atoms with van der Waals surface area (Å²) in [6.07, 6.45) is -0.421. The number of aliphatic hydroxyl groups is 1. The van der Waals surface area contributed by atoms with Crippen molar-refractivity contribution in [3.63, 3.8) is 0 Å². The molecule has 0 fully saturated rings. The summed E-state index contributed by atoms with van der Waals surface area (Å²) in [7, 11) is 0. The maximum Gasteiger partial charge on any atom is 0.237 e. The number of Topliss-reactive ketones (excluding diaryl/α,β-unsaturated/α-hetero) is 1. The molecule has 0 rings (SSSR count). The molecule has 0 bridgehead atoms. The molecule has 0 amide bonds. The van der Waals surface area contributed by atoms with E-state index in [1.165, 1.54) is 0 Å². The van der Waals surface area contributed by atoms with Crippen LogP contribution in [0.4, 0.5) is 0 Å². The van der Waals surface area contributed by atoms with Crippen LogP contribution >= 0.6 is 0 Å². The lowest BCUT2D eigenvalue weighted by Gasteiger charge is -1.88. The number of carbonyl (C=O) groups excluding carboxylic acids is 2. The highest BCUT2D eigenvalue weighted by Crippen LogP contribution is 1.75. The average Bonchev–Trinajstić information content (AvgIpc) is 1.65. The summed E-state index contributed by atoms with van der Waals surface area (Å²) in [5, 5.41) is 8.16. The molecule has 0 saturated carbocycles. The van der Waals surface area contributed by atoms with E-state index in [2.05, 4.69) is 0 Å². The quantitative estimate of drug-likeness (QED) is 0.456. The van der Waals surface area contributed by atoms with Gasteiger partial charge in [0, 0.05) is 0 Å². The molecule has 1 unspecified atom stereocenters. The number of rotatable bonds is 2. The second-order valence-electron chi connectivity index (χ2n) is 1.13. The number of ketones is 1. The Morgan fingerprint density at radius 1 is 1.86 bits per heavy atom. The maximum atomic E-state index is 9.86. The molecule has 0 aliphatic rings. The largest absolute Gasteiger partial charge is 0.377 e. The van der Waals surface area contributed by atoms with E-state index in [4.69, 9.17) is 5.11 Å². The third kappa shape index (κ3) is 2.05. The van der Waals surface area contributed by atoms with Crippen molar-refractivity contribution >= 4 is 12.1 Å². The summed E-state index contributed by atoms with van der Waals surface area (Å²) >= 11 is 0. The lowest BCUT2D eigenvalue weighted by atomic mass is 10.3. The van der Waals surface area contributed by atoms with Crippen LogP contribution in [0.25, 0.3) is 0 Å². The lowest BCUT2D eigenvalue weighted by molar-refractivity contribution is -0.121. The minimum absolute atomic E-state index is 0.574. The SMILES string of the molecule is CC(=O)C(O)[C]=O. The molecule has 0 aromatic rings. The Balaban J connectivity index is 3.55. The van der Waals surface area contributed by atoms with Crippen LogP contribution in [0.1, 0.15) is 6.92 Å². The van der Waals surface area contributed by atoms with Gasteiger partial charge >= 0.3 is 0 Å².